The highest BCUT2D eigenvalue weighted by Gasteiger charge is 2.05. The number of rotatable bonds is 7. The molecule has 0 radical (unpaired) electrons. The Kier molecular flexibility index (Phi) is 8.81. The molecule has 0 atom stereocenters. The molecule has 0 bridgehead atoms. The highest BCUT2D eigenvalue weighted by molar-refractivity contribution is 7.99. The number of hydrogen-bond donors (Lipinski definition) is 0. The molecule has 3 heteroatoms. The molecule has 0 aliphatic heterocycles. The van der Waals surface area contributed by atoms with Gasteiger partial charge in [0, 0.05) is 11.5 Å². The summed E-state index contributed by atoms with van der Waals surface area (Å²) in [7, 11) is 0. The normalized spacial score (nSPS) is 10.5. The van der Waals surface area contributed by atoms with E-state index in [4.69, 9.17) is 4.74 Å². The van der Waals surface area contributed by atoms with Crippen molar-refractivity contribution in [2.45, 2.75) is 6.10 Å². The lowest BCUT2D eigenvalue weighted by atomic mass is 10.5. The molecule has 0 N–H and O–H groups in total. The Morgan fingerprint density at radius 2 is 1.91 bits per heavy atom. The lowest BCUT2D eigenvalue weighted by molar-refractivity contribution is 0.110. The maximum absolute atomic E-state index is 5.51. The first-order valence-electron chi connectivity index (χ1n) is 3.55. The molecular formula is C8H16OS2. The lowest BCUT2D eigenvalue weighted by Gasteiger charge is -2.13. The van der Waals surface area contributed by atoms with E-state index in [0.29, 0.717) is 12.7 Å². The fourth-order valence-electron chi connectivity index (χ4n) is 0.720. The average Bonchev–Trinajstić information content (AvgIpc) is 2.01. The van der Waals surface area contributed by atoms with Gasteiger partial charge >= 0.3 is 0 Å². The summed E-state index contributed by atoms with van der Waals surface area (Å²) in [6, 6.07) is 0. The van der Waals surface area contributed by atoms with Gasteiger partial charge in [-0.2, -0.15) is 23.5 Å². The predicted octanol–water partition coefficient (Wildman–Crippen LogP) is 2.28. The van der Waals surface area contributed by atoms with Crippen molar-refractivity contribution in [2.75, 3.05) is 30.6 Å². The monoisotopic (exact) mass is 192 g/mol. The Morgan fingerprint density at radius 1 is 1.36 bits per heavy atom. The van der Waals surface area contributed by atoms with Crippen LogP contribution in [0.2, 0.25) is 0 Å². The fourth-order valence-corrected chi connectivity index (χ4v) is 2.04. The third kappa shape index (κ3) is 6.78. The molecule has 0 aromatic carbocycles. The molecule has 0 aliphatic carbocycles. The maximum atomic E-state index is 5.51. The molecule has 0 saturated heterocycles. The molecule has 0 aromatic heterocycles. The van der Waals surface area contributed by atoms with E-state index in [0.717, 1.165) is 11.5 Å². The smallest absolute Gasteiger partial charge is 0.0759 e. The molecule has 0 unspecified atom stereocenters. The minimum Gasteiger partial charge on any atom is -0.372 e. The molecule has 0 amide bonds. The minimum absolute atomic E-state index is 0.387. The summed E-state index contributed by atoms with van der Waals surface area (Å²) in [5, 5.41) is 0. The van der Waals surface area contributed by atoms with E-state index in [2.05, 4.69) is 19.1 Å². The van der Waals surface area contributed by atoms with Crippen molar-refractivity contribution in [3.63, 3.8) is 0 Å². The van der Waals surface area contributed by atoms with Crippen LogP contribution in [0.5, 0.6) is 0 Å². The van der Waals surface area contributed by atoms with Crippen molar-refractivity contribution in [2.24, 2.45) is 0 Å². The SMILES string of the molecule is C=CCOC(CSC)CSC. The van der Waals surface area contributed by atoms with E-state index >= 15 is 0 Å². The van der Waals surface area contributed by atoms with Crippen LogP contribution in [0.15, 0.2) is 12.7 Å². The Balaban J connectivity index is 3.41. The fraction of sp³-hybridized carbons (Fsp3) is 0.750. The highest BCUT2D eigenvalue weighted by Crippen LogP contribution is 2.07. The summed E-state index contributed by atoms with van der Waals surface area (Å²) in [4.78, 5) is 0. The first kappa shape index (κ1) is 11.4. The van der Waals surface area contributed by atoms with Gasteiger partial charge in [0.05, 0.1) is 12.7 Å². The molecule has 0 heterocycles. The molecule has 0 aliphatic rings. The Labute approximate surface area is 78.0 Å². The van der Waals surface area contributed by atoms with Crippen LogP contribution >= 0.6 is 23.5 Å². The Hall–Kier alpha value is 0.400. The second kappa shape index (κ2) is 8.50. The van der Waals surface area contributed by atoms with Crippen molar-refractivity contribution < 1.29 is 4.74 Å². The van der Waals surface area contributed by atoms with Gasteiger partial charge in [-0.25, -0.2) is 0 Å². The minimum atomic E-state index is 0.387. The second-order valence-electron chi connectivity index (χ2n) is 2.15. The second-order valence-corrected chi connectivity index (χ2v) is 3.98. The molecule has 0 aromatic rings. The van der Waals surface area contributed by atoms with Gasteiger partial charge in [-0.3, -0.25) is 0 Å². The zero-order valence-electron chi connectivity index (χ0n) is 7.21. The molecule has 66 valence electrons. The topological polar surface area (TPSA) is 9.23 Å². The van der Waals surface area contributed by atoms with Gasteiger partial charge in [-0.15, -0.1) is 6.58 Å². The molecular weight excluding hydrogens is 176 g/mol. The Morgan fingerprint density at radius 3 is 2.27 bits per heavy atom. The van der Waals surface area contributed by atoms with Gasteiger partial charge in [-0.05, 0) is 12.5 Å². The van der Waals surface area contributed by atoms with Crippen LogP contribution in [-0.4, -0.2) is 36.7 Å². The zero-order valence-corrected chi connectivity index (χ0v) is 8.84. The van der Waals surface area contributed by atoms with Crippen LogP contribution in [0.25, 0.3) is 0 Å². The first-order chi connectivity index (χ1) is 5.35. The van der Waals surface area contributed by atoms with E-state index < -0.39 is 0 Å². The molecule has 1 nitrogen and oxygen atoms in total. The van der Waals surface area contributed by atoms with Gasteiger partial charge in [0.2, 0.25) is 0 Å². The molecule has 0 rings (SSSR count). The van der Waals surface area contributed by atoms with E-state index in [-0.39, 0.29) is 0 Å². The molecule has 0 saturated carbocycles. The van der Waals surface area contributed by atoms with Gasteiger partial charge in [0.1, 0.15) is 0 Å². The van der Waals surface area contributed by atoms with Crippen LogP contribution in [-0.2, 0) is 4.74 Å². The van der Waals surface area contributed by atoms with Gasteiger partial charge < -0.3 is 4.74 Å². The van der Waals surface area contributed by atoms with Crippen molar-refractivity contribution >= 4 is 23.5 Å². The summed E-state index contributed by atoms with van der Waals surface area (Å²) >= 11 is 3.65. The number of thioether (sulfide) groups is 2. The van der Waals surface area contributed by atoms with Gasteiger partial charge in [0.15, 0.2) is 0 Å². The predicted molar refractivity (Wildman–Crippen MR) is 56.7 cm³/mol. The van der Waals surface area contributed by atoms with E-state index in [1.165, 1.54) is 0 Å². The van der Waals surface area contributed by atoms with Gasteiger partial charge in [0.25, 0.3) is 0 Å². The molecule has 11 heavy (non-hydrogen) atoms. The number of hydrogen-bond acceptors (Lipinski definition) is 3. The van der Waals surface area contributed by atoms with Crippen molar-refractivity contribution in [1.82, 2.24) is 0 Å². The third-order valence-electron chi connectivity index (χ3n) is 1.15. The summed E-state index contributed by atoms with van der Waals surface area (Å²) in [6.07, 6.45) is 6.39. The standard InChI is InChI=1S/C8H16OS2/c1-4-5-9-8(6-10-2)7-11-3/h4,8H,1,5-7H2,2-3H3. The average molecular weight is 192 g/mol. The van der Waals surface area contributed by atoms with Crippen molar-refractivity contribution in [3.8, 4) is 0 Å². The summed E-state index contributed by atoms with van der Waals surface area (Å²) in [5.41, 5.74) is 0. The van der Waals surface area contributed by atoms with Gasteiger partial charge in [-0.1, -0.05) is 6.08 Å². The zero-order chi connectivity index (χ0) is 8.53. The summed E-state index contributed by atoms with van der Waals surface area (Å²) in [5.74, 6) is 2.16. The molecule has 0 spiro atoms. The Bertz CT molecular complexity index is 90.1. The summed E-state index contributed by atoms with van der Waals surface area (Å²) < 4.78 is 5.51. The quantitative estimate of drug-likeness (QED) is 0.573. The van der Waals surface area contributed by atoms with Crippen LogP contribution in [0, 0.1) is 0 Å². The molecule has 0 fully saturated rings. The van der Waals surface area contributed by atoms with E-state index in [9.17, 15) is 0 Å². The van der Waals surface area contributed by atoms with Crippen LogP contribution in [0.3, 0.4) is 0 Å². The van der Waals surface area contributed by atoms with Crippen LogP contribution in [0.1, 0.15) is 0 Å². The number of ether oxygens (including phenoxy) is 1. The van der Waals surface area contributed by atoms with Crippen LogP contribution < -0.4 is 0 Å². The van der Waals surface area contributed by atoms with Crippen molar-refractivity contribution in [3.05, 3.63) is 12.7 Å². The van der Waals surface area contributed by atoms with E-state index in [1.807, 2.05) is 23.5 Å². The van der Waals surface area contributed by atoms with Crippen LogP contribution in [0.4, 0.5) is 0 Å². The third-order valence-corrected chi connectivity index (χ3v) is 2.57. The summed E-state index contributed by atoms with van der Waals surface area (Å²) in [6.45, 7) is 4.29. The van der Waals surface area contributed by atoms with Crippen molar-refractivity contribution in [1.29, 1.82) is 0 Å². The first-order valence-corrected chi connectivity index (χ1v) is 6.34. The lowest BCUT2D eigenvalue weighted by Crippen LogP contribution is -2.18. The highest BCUT2D eigenvalue weighted by atomic mass is 32.2. The maximum Gasteiger partial charge on any atom is 0.0759 e. The van der Waals surface area contributed by atoms with E-state index in [1.54, 1.807) is 6.08 Å². The largest absolute Gasteiger partial charge is 0.372 e.